The summed E-state index contributed by atoms with van der Waals surface area (Å²) < 4.78 is 0. The highest BCUT2D eigenvalue weighted by atomic mass is 16.1. The Balaban J connectivity index is 2.55. The number of nitrogens with one attached hydrogen (secondary N) is 1. The first kappa shape index (κ1) is 16.5. The highest BCUT2D eigenvalue weighted by Gasteiger charge is 2.09. The Morgan fingerprint density at radius 3 is 2.70 bits per heavy atom. The van der Waals surface area contributed by atoms with E-state index in [2.05, 4.69) is 29.0 Å². The minimum absolute atomic E-state index is 0.0770. The average molecular weight is 277 g/mol. The molecule has 0 spiro atoms. The number of rotatable bonds is 9. The van der Waals surface area contributed by atoms with Gasteiger partial charge in [-0.2, -0.15) is 0 Å². The molecule has 1 amide bonds. The number of hydrogen-bond donors (Lipinski definition) is 1. The third-order valence-corrected chi connectivity index (χ3v) is 3.33. The van der Waals surface area contributed by atoms with Crippen molar-refractivity contribution in [1.82, 2.24) is 10.3 Å². The number of aromatic nitrogens is 1. The first-order valence-corrected chi connectivity index (χ1v) is 7.64. The molecular weight excluding hydrogens is 250 g/mol. The van der Waals surface area contributed by atoms with Crippen molar-refractivity contribution in [2.45, 2.75) is 46.0 Å². The highest BCUT2D eigenvalue weighted by Crippen LogP contribution is 2.13. The van der Waals surface area contributed by atoms with E-state index in [1.807, 2.05) is 19.2 Å². The van der Waals surface area contributed by atoms with Crippen LogP contribution in [0.1, 0.15) is 56.4 Å². The lowest BCUT2D eigenvalue weighted by Crippen LogP contribution is -2.26. The third kappa shape index (κ3) is 5.59. The second-order valence-electron chi connectivity index (χ2n) is 5.14. The third-order valence-electron chi connectivity index (χ3n) is 3.33. The van der Waals surface area contributed by atoms with Gasteiger partial charge >= 0.3 is 0 Å². The first-order chi connectivity index (χ1) is 9.69. The smallest absolute Gasteiger partial charge is 0.269 e. The van der Waals surface area contributed by atoms with E-state index < -0.39 is 0 Å². The van der Waals surface area contributed by atoms with Crippen molar-refractivity contribution < 1.29 is 4.79 Å². The Bertz CT molecular complexity index is 406. The minimum atomic E-state index is -0.0770. The van der Waals surface area contributed by atoms with E-state index in [-0.39, 0.29) is 5.91 Å². The number of carbonyl (C=O) groups is 1. The van der Waals surface area contributed by atoms with Gasteiger partial charge in [0.2, 0.25) is 0 Å². The fourth-order valence-electron chi connectivity index (χ4n) is 1.97. The van der Waals surface area contributed by atoms with E-state index in [1.54, 1.807) is 6.20 Å². The lowest BCUT2D eigenvalue weighted by Gasteiger charge is -2.19. The van der Waals surface area contributed by atoms with Gasteiger partial charge in [-0.25, -0.2) is 0 Å². The van der Waals surface area contributed by atoms with Gasteiger partial charge in [0.05, 0.1) is 0 Å². The zero-order valence-corrected chi connectivity index (χ0v) is 13.0. The Labute approximate surface area is 122 Å². The molecule has 1 aromatic heterocycles. The summed E-state index contributed by atoms with van der Waals surface area (Å²) in [6, 6.07) is 3.81. The topological polar surface area (TPSA) is 45.2 Å². The zero-order valence-electron chi connectivity index (χ0n) is 13.0. The van der Waals surface area contributed by atoms with E-state index in [9.17, 15) is 4.79 Å². The molecule has 1 N–H and O–H groups in total. The molecule has 20 heavy (non-hydrogen) atoms. The molecule has 0 saturated carbocycles. The molecular formula is C16H27N3O. The van der Waals surface area contributed by atoms with Gasteiger partial charge in [-0.1, -0.05) is 33.1 Å². The van der Waals surface area contributed by atoms with Crippen LogP contribution in [0.25, 0.3) is 0 Å². The molecule has 0 radical (unpaired) electrons. The number of amides is 1. The lowest BCUT2D eigenvalue weighted by molar-refractivity contribution is 0.0948. The van der Waals surface area contributed by atoms with Crippen LogP contribution < -0.4 is 10.2 Å². The summed E-state index contributed by atoms with van der Waals surface area (Å²) in [6.07, 6.45) is 7.36. The lowest BCUT2D eigenvalue weighted by atomic mass is 10.2. The van der Waals surface area contributed by atoms with E-state index in [0.29, 0.717) is 5.69 Å². The van der Waals surface area contributed by atoms with Gasteiger partial charge in [0, 0.05) is 32.0 Å². The van der Waals surface area contributed by atoms with Crippen molar-refractivity contribution in [3.63, 3.8) is 0 Å². The van der Waals surface area contributed by atoms with Crippen molar-refractivity contribution in [3.8, 4) is 0 Å². The quantitative estimate of drug-likeness (QED) is 0.705. The number of hydrogen-bond acceptors (Lipinski definition) is 3. The van der Waals surface area contributed by atoms with Crippen molar-refractivity contribution in [3.05, 3.63) is 24.0 Å². The highest BCUT2D eigenvalue weighted by molar-refractivity contribution is 5.93. The molecule has 0 aliphatic heterocycles. The number of carbonyl (C=O) groups excluding carboxylic acids is 1. The van der Waals surface area contributed by atoms with Gasteiger partial charge in [-0.15, -0.1) is 0 Å². The molecule has 0 bridgehead atoms. The van der Waals surface area contributed by atoms with Gasteiger partial charge in [0.1, 0.15) is 5.69 Å². The van der Waals surface area contributed by atoms with Crippen LogP contribution in [-0.4, -0.2) is 31.0 Å². The summed E-state index contributed by atoms with van der Waals surface area (Å²) >= 11 is 0. The largest absolute Gasteiger partial charge is 0.374 e. The fraction of sp³-hybridized carbons (Fsp3) is 0.625. The second-order valence-corrected chi connectivity index (χ2v) is 5.14. The molecule has 0 atom stereocenters. The van der Waals surface area contributed by atoms with Gasteiger partial charge in [-0.05, 0) is 25.0 Å². The van der Waals surface area contributed by atoms with E-state index in [0.717, 1.165) is 44.5 Å². The van der Waals surface area contributed by atoms with Crippen molar-refractivity contribution in [2.24, 2.45) is 0 Å². The Morgan fingerprint density at radius 1 is 1.25 bits per heavy atom. The van der Waals surface area contributed by atoms with Crippen LogP contribution in [0.4, 0.5) is 5.69 Å². The summed E-state index contributed by atoms with van der Waals surface area (Å²) in [4.78, 5) is 18.3. The molecule has 1 aromatic rings. The van der Waals surface area contributed by atoms with Gasteiger partial charge in [0.15, 0.2) is 0 Å². The second kappa shape index (κ2) is 9.34. The number of nitrogens with zero attached hydrogens (tertiary/aromatic N) is 2. The molecule has 0 aliphatic carbocycles. The summed E-state index contributed by atoms with van der Waals surface area (Å²) in [5, 5.41) is 2.92. The summed E-state index contributed by atoms with van der Waals surface area (Å²) in [5.74, 6) is -0.0770. The number of pyridine rings is 1. The molecule has 0 fully saturated rings. The van der Waals surface area contributed by atoms with Gasteiger partial charge in [-0.3, -0.25) is 9.78 Å². The van der Waals surface area contributed by atoms with Gasteiger partial charge < -0.3 is 10.2 Å². The molecule has 4 nitrogen and oxygen atoms in total. The number of anilines is 1. The Kier molecular flexibility index (Phi) is 7.70. The van der Waals surface area contributed by atoms with Crippen LogP contribution in [0, 0.1) is 0 Å². The SMILES string of the molecule is CCCCCNC(=O)c1cc(N(C)CCCC)ccn1. The maximum atomic E-state index is 12.0. The van der Waals surface area contributed by atoms with Crippen LogP contribution >= 0.6 is 0 Å². The molecule has 0 aliphatic rings. The van der Waals surface area contributed by atoms with Crippen LogP contribution in [0.15, 0.2) is 18.3 Å². The summed E-state index contributed by atoms with van der Waals surface area (Å²) in [5.41, 5.74) is 1.55. The molecule has 1 rings (SSSR count). The molecule has 4 heteroatoms. The predicted molar refractivity (Wildman–Crippen MR) is 84.3 cm³/mol. The molecule has 0 aromatic carbocycles. The van der Waals surface area contributed by atoms with Crippen LogP contribution in [0.3, 0.4) is 0 Å². The fourth-order valence-corrected chi connectivity index (χ4v) is 1.97. The standard InChI is InChI=1S/C16H27N3O/c1-4-6-8-10-18-16(20)15-13-14(9-11-17-15)19(3)12-7-5-2/h9,11,13H,4-8,10,12H2,1-3H3,(H,18,20). The molecule has 1 heterocycles. The van der Waals surface area contributed by atoms with E-state index in [1.165, 1.54) is 6.42 Å². The number of unbranched alkanes of at least 4 members (excludes halogenated alkanes) is 3. The van der Waals surface area contributed by atoms with Crippen molar-refractivity contribution in [1.29, 1.82) is 0 Å². The molecule has 0 unspecified atom stereocenters. The minimum Gasteiger partial charge on any atom is -0.374 e. The van der Waals surface area contributed by atoms with E-state index >= 15 is 0 Å². The van der Waals surface area contributed by atoms with Crippen LogP contribution in [0.5, 0.6) is 0 Å². The maximum Gasteiger partial charge on any atom is 0.269 e. The van der Waals surface area contributed by atoms with Crippen molar-refractivity contribution in [2.75, 3.05) is 25.0 Å². The normalized spacial score (nSPS) is 10.3. The van der Waals surface area contributed by atoms with E-state index in [4.69, 9.17) is 0 Å². The van der Waals surface area contributed by atoms with Crippen LogP contribution in [-0.2, 0) is 0 Å². The summed E-state index contributed by atoms with van der Waals surface area (Å²) in [7, 11) is 2.05. The predicted octanol–water partition coefficient (Wildman–Crippen LogP) is 3.24. The average Bonchev–Trinajstić information content (AvgIpc) is 2.49. The summed E-state index contributed by atoms with van der Waals surface area (Å²) in [6.45, 7) is 6.05. The van der Waals surface area contributed by atoms with Gasteiger partial charge in [0.25, 0.3) is 5.91 Å². The van der Waals surface area contributed by atoms with Crippen molar-refractivity contribution >= 4 is 11.6 Å². The van der Waals surface area contributed by atoms with Crippen LogP contribution in [0.2, 0.25) is 0 Å². The maximum absolute atomic E-state index is 12.0. The molecule has 0 saturated heterocycles. The first-order valence-electron chi connectivity index (χ1n) is 7.64. The Morgan fingerprint density at radius 2 is 2.00 bits per heavy atom. The monoisotopic (exact) mass is 277 g/mol. The molecule has 112 valence electrons. The Hall–Kier alpha value is -1.58. The zero-order chi connectivity index (χ0) is 14.8.